The average molecular weight is 226 g/mol. The second-order valence-corrected chi connectivity index (χ2v) is 5.77. The maximum atomic E-state index is 11.9. The molecule has 0 aromatic heterocycles. The fourth-order valence-electron chi connectivity index (χ4n) is 1.86. The van der Waals surface area contributed by atoms with Crippen LogP contribution in [0.25, 0.3) is 0 Å². The van der Waals surface area contributed by atoms with Gasteiger partial charge < -0.3 is 5.11 Å². The van der Waals surface area contributed by atoms with Crippen molar-refractivity contribution in [1.82, 2.24) is 0 Å². The van der Waals surface area contributed by atoms with E-state index in [0.717, 1.165) is 5.56 Å². The van der Waals surface area contributed by atoms with E-state index < -0.39 is 21.1 Å². The molecule has 1 unspecified atom stereocenters. The number of hydrogen-bond acceptors (Lipinski definition) is 3. The lowest BCUT2D eigenvalue weighted by Crippen LogP contribution is -2.20. The SMILES string of the molecule is O=C(O)CC1Cc2ccccc2S1(=O)=O. The van der Waals surface area contributed by atoms with E-state index in [1.54, 1.807) is 18.2 Å². The normalized spacial score (nSPS) is 22.3. The van der Waals surface area contributed by atoms with Gasteiger partial charge in [-0.2, -0.15) is 0 Å². The zero-order valence-corrected chi connectivity index (χ0v) is 8.70. The molecule has 0 saturated heterocycles. The molecule has 0 spiro atoms. The van der Waals surface area contributed by atoms with Crippen LogP contribution in [-0.2, 0) is 21.1 Å². The van der Waals surface area contributed by atoms with Crippen molar-refractivity contribution in [3.05, 3.63) is 29.8 Å². The van der Waals surface area contributed by atoms with E-state index in [-0.39, 0.29) is 11.3 Å². The lowest BCUT2D eigenvalue weighted by molar-refractivity contribution is -0.137. The van der Waals surface area contributed by atoms with Gasteiger partial charge in [-0.05, 0) is 18.1 Å². The highest BCUT2D eigenvalue weighted by Crippen LogP contribution is 2.32. The summed E-state index contributed by atoms with van der Waals surface area (Å²) in [4.78, 5) is 10.8. The predicted octanol–water partition coefficient (Wildman–Crippen LogP) is 0.860. The van der Waals surface area contributed by atoms with Crippen LogP contribution in [0.4, 0.5) is 0 Å². The topological polar surface area (TPSA) is 71.4 Å². The number of fused-ring (bicyclic) bond motifs is 1. The molecule has 1 aromatic rings. The Bertz CT molecular complexity index is 504. The molecular weight excluding hydrogens is 216 g/mol. The van der Waals surface area contributed by atoms with Gasteiger partial charge in [0.2, 0.25) is 0 Å². The van der Waals surface area contributed by atoms with Gasteiger partial charge in [0.25, 0.3) is 0 Å². The van der Waals surface area contributed by atoms with Crippen molar-refractivity contribution < 1.29 is 18.3 Å². The summed E-state index contributed by atoms with van der Waals surface area (Å²) in [6.07, 6.45) is -0.0121. The summed E-state index contributed by atoms with van der Waals surface area (Å²) >= 11 is 0. The first kappa shape index (κ1) is 10.2. The minimum Gasteiger partial charge on any atom is -0.481 e. The molecule has 0 amide bonds. The Kier molecular flexibility index (Phi) is 2.26. The van der Waals surface area contributed by atoms with Crippen molar-refractivity contribution in [3.63, 3.8) is 0 Å². The molecule has 15 heavy (non-hydrogen) atoms. The van der Waals surface area contributed by atoms with E-state index in [1.807, 2.05) is 0 Å². The van der Waals surface area contributed by atoms with Crippen LogP contribution in [0.3, 0.4) is 0 Å². The van der Waals surface area contributed by atoms with Gasteiger partial charge in [-0.15, -0.1) is 0 Å². The number of benzene rings is 1. The Morgan fingerprint density at radius 2 is 2.07 bits per heavy atom. The lowest BCUT2D eigenvalue weighted by Gasteiger charge is -2.04. The maximum absolute atomic E-state index is 11.9. The fraction of sp³-hybridized carbons (Fsp3) is 0.300. The van der Waals surface area contributed by atoms with Crippen molar-refractivity contribution in [1.29, 1.82) is 0 Å². The molecule has 0 saturated carbocycles. The van der Waals surface area contributed by atoms with Crippen molar-refractivity contribution >= 4 is 15.8 Å². The summed E-state index contributed by atoms with van der Waals surface area (Å²) in [6, 6.07) is 6.68. The Morgan fingerprint density at radius 3 is 2.67 bits per heavy atom. The number of hydrogen-bond donors (Lipinski definition) is 1. The van der Waals surface area contributed by atoms with Crippen LogP contribution in [0.2, 0.25) is 0 Å². The molecule has 1 heterocycles. The van der Waals surface area contributed by atoms with Gasteiger partial charge >= 0.3 is 5.97 Å². The molecule has 0 bridgehead atoms. The Morgan fingerprint density at radius 1 is 1.40 bits per heavy atom. The van der Waals surface area contributed by atoms with E-state index in [0.29, 0.717) is 6.42 Å². The number of carboxylic acid groups (broad SMARTS) is 1. The van der Waals surface area contributed by atoms with Crippen LogP contribution in [0.1, 0.15) is 12.0 Å². The van der Waals surface area contributed by atoms with Crippen molar-refractivity contribution in [3.8, 4) is 0 Å². The second kappa shape index (κ2) is 3.34. The monoisotopic (exact) mass is 226 g/mol. The first-order valence-electron chi connectivity index (χ1n) is 4.55. The Labute approximate surface area is 87.5 Å². The van der Waals surface area contributed by atoms with E-state index >= 15 is 0 Å². The van der Waals surface area contributed by atoms with Crippen molar-refractivity contribution in [2.24, 2.45) is 0 Å². The molecule has 1 aliphatic rings. The van der Waals surface area contributed by atoms with E-state index in [9.17, 15) is 13.2 Å². The number of rotatable bonds is 2. The van der Waals surface area contributed by atoms with Crippen molar-refractivity contribution in [2.75, 3.05) is 0 Å². The maximum Gasteiger partial charge on any atom is 0.304 e. The quantitative estimate of drug-likeness (QED) is 0.811. The summed E-state index contributed by atoms with van der Waals surface area (Å²) in [5.41, 5.74) is 0.726. The largest absolute Gasteiger partial charge is 0.481 e. The minimum absolute atomic E-state index is 0.288. The van der Waals surface area contributed by atoms with Gasteiger partial charge in [0.05, 0.1) is 16.6 Å². The zero-order chi connectivity index (χ0) is 11.1. The third kappa shape index (κ3) is 1.63. The number of carbonyl (C=O) groups is 1. The van der Waals surface area contributed by atoms with Gasteiger partial charge in [0.1, 0.15) is 0 Å². The summed E-state index contributed by atoms with van der Waals surface area (Å²) in [7, 11) is -3.42. The molecule has 5 heteroatoms. The van der Waals surface area contributed by atoms with Crippen molar-refractivity contribution in [2.45, 2.75) is 23.0 Å². The highest BCUT2D eigenvalue weighted by Gasteiger charge is 2.37. The molecule has 4 nitrogen and oxygen atoms in total. The molecule has 1 aliphatic heterocycles. The summed E-state index contributed by atoms with van der Waals surface area (Å²) < 4.78 is 23.7. The summed E-state index contributed by atoms with van der Waals surface area (Å²) in [6.45, 7) is 0. The second-order valence-electron chi connectivity index (χ2n) is 3.58. The van der Waals surface area contributed by atoms with Crippen LogP contribution in [0.15, 0.2) is 29.2 Å². The average Bonchev–Trinajstić information content (AvgIpc) is 2.39. The summed E-state index contributed by atoms with van der Waals surface area (Å²) in [5.74, 6) is -1.07. The number of sulfone groups is 1. The molecule has 0 fully saturated rings. The van der Waals surface area contributed by atoms with Crippen LogP contribution < -0.4 is 0 Å². The number of aliphatic carboxylic acids is 1. The standard InChI is InChI=1S/C10H10O4S/c11-10(12)6-8-5-7-3-1-2-4-9(7)15(8,13)14/h1-4,8H,5-6H2,(H,11,12). The molecule has 0 aliphatic carbocycles. The third-order valence-electron chi connectivity index (χ3n) is 2.57. The molecule has 1 atom stereocenters. The lowest BCUT2D eigenvalue weighted by atomic mass is 10.1. The van der Waals surface area contributed by atoms with Gasteiger partial charge in [-0.25, -0.2) is 8.42 Å². The van der Waals surface area contributed by atoms with E-state index in [1.165, 1.54) is 6.07 Å². The van der Waals surface area contributed by atoms with E-state index in [4.69, 9.17) is 5.11 Å². The third-order valence-corrected chi connectivity index (χ3v) is 4.79. The van der Waals surface area contributed by atoms with Gasteiger partial charge in [0, 0.05) is 0 Å². The van der Waals surface area contributed by atoms with Crippen LogP contribution >= 0.6 is 0 Å². The van der Waals surface area contributed by atoms with Gasteiger partial charge in [-0.1, -0.05) is 18.2 Å². The van der Waals surface area contributed by atoms with Crippen LogP contribution in [0.5, 0.6) is 0 Å². The van der Waals surface area contributed by atoms with Crippen LogP contribution in [-0.4, -0.2) is 24.7 Å². The number of carboxylic acids is 1. The minimum atomic E-state index is -3.42. The van der Waals surface area contributed by atoms with Gasteiger partial charge in [-0.3, -0.25) is 4.79 Å². The molecule has 2 rings (SSSR count). The Hall–Kier alpha value is -1.36. The van der Waals surface area contributed by atoms with E-state index in [2.05, 4.69) is 0 Å². The zero-order valence-electron chi connectivity index (χ0n) is 7.88. The smallest absolute Gasteiger partial charge is 0.304 e. The molecule has 80 valence electrons. The first-order chi connectivity index (χ1) is 7.01. The molecule has 0 radical (unpaired) electrons. The van der Waals surface area contributed by atoms with Gasteiger partial charge in [0.15, 0.2) is 9.84 Å². The summed E-state index contributed by atoms with van der Waals surface area (Å²) in [5, 5.41) is 7.82. The molecular formula is C10H10O4S. The first-order valence-corrected chi connectivity index (χ1v) is 6.10. The molecule has 1 N–H and O–H groups in total. The highest BCUT2D eigenvalue weighted by atomic mass is 32.2. The Balaban J connectivity index is 2.43. The van der Waals surface area contributed by atoms with Crippen LogP contribution in [0, 0.1) is 0 Å². The fourth-order valence-corrected chi connectivity index (χ4v) is 3.77. The highest BCUT2D eigenvalue weighted by molar-refractivity contribution is 7.92. The molecule has 1 aromatic carbocycles. The predicted molar refractivity (Wildman–Crippen MR) is 53.4 cm³/mol.